The van der Waals surface area contributed by atoms with Gasteiger partial charge in [0.2, 0.25) is 5.91 Å². The number of carbonyl (C=O) groups excluding carboxylic acids is 3. The quantitative estimate of drug-likeness (QED) is 0.614. The Balaban J connectivity index is 1.29. The molecule has 0 bridgehead atoms. The second-order valence-corrected chi connectivity index (χ2v) is 8.33. The average Bonchev–Trinajstić information content (AvgIpc) is 3.43. The predicted octanol–water partition coefficient (Wildman–Crippen LogP) is 3.28. The van der Waals surface area contributed by atoms with Crippen LogP contribution in [-0.4, -0.2) is 34.3 Å². The van der Waals surface area contributed by atoms with Gasteiger partial charge in [0.1, 0.15) is 17.9 Å². The minimum atomic E-state index is -1.09. The van der Waals surface area contributed by atoms with Crippen molar-refractivity contribution in [3.8, 4) is 11.3 Å². The van der Waals surface area contributed by atoms with E-state index in [1.807, 2.05) is 24.3 Å². The molecule has 2 N–H and O–H groups in total. The molecule has 1 atom stereocenters. The monoisotopic (exact) mass is 436 g/mol. The molecule has 1 aliphatic carbocycles. The number of aryl methyl sites for hydroxylation is 1. The normalized spacial score (nSPS) is 19.6. The van der Waals surface area contributed by atoms with E-state index < -0.39 is 29.9 Å². The zero-order chi connectivity index (χ0) is 21.6. The third-order valence-electron chi connectivity index (χ3n) is 5.61. The molecule has 9 heteroatoms. The van der Waals surface area contributed by atoms with E-state index in [1.54, 1.807) is 17.5 Å². The zero-order valence-electron chi connectivity index (χ0n) is 16.2. The van der Waals surface area contributed by atoms with Crippen molar-refractivity contribution in [2.45, 2.75) is 18.4 Å². The van der Waals surface area contributed by atoms with Crippen molar-refractivity contribution in [3.05, 3.63) is 70.9 Å². The largest absolute Gasteiger partial charge is 0.325 e. The molecule has 4 amide bonds. The first-order valence-electron chi connectivity index (χ1n) is 9.70. The number of nitrogens with zero attached hydrogens (tertiary/aromatic N) is 2. The SMILES string of the molecule is O=C(CN1C(=O)N[C@@]2(CCc3ccccc32)C1=O)Nc1nc(-c2ccc(F)cc2)cs1. The van der Waals surface area contributed by atoms with E-state index in [2.05, 4.69) is 15.6 Å². The summed E-state index contributed by atoms with van der Waals surface area (Å²) in [6.45, 7) is -0.403. The molecule has 0 unspecified atom stereocenters. The van der Waals surface area contributed by atoms with Crippen molar-refractivity contribution < 1.29 is 18.8 Å². The molecule has 1 aliphatic heterocycles. The molecule has 1 aromatic heterocycles. The third-order valence-corrected chi connectivity index (χ3v) is 6.37. The Kier molecular flexibility index (Phi) is 4.55. The number of nitrogens with one attached hydrogen (secondary N) is 2. The second-order valence-electron chi connectivity index (χ2n) is 7.48. The summed E-state index contributed by atoms with van der Waals surface area (Å²) in [5.41, 5.74) is 2.04. The number of hydrogen-bond acceptors (Lipinski definition) is 5. The molecular formula is C22H17FN4O3S. The Hall–Kier alpha value is -3.59. The van der Waals surface area contributed by atoms with Crippen LogP contribution in [0.15, 0.2) is 53.9 Å². The molecule has 1 fully saturated rings. The fourth-order valence-electron chi connectivity index (χ4n) is 4.12. The first-order valence-corrected chi connectivity index (χ1v) is 10.6. The Labute approximate surface area is 180 Å². The van der Waals surface area contributed by atoms with Crippen molar-refractivity contribution in [1.82, 2.24) is 15.2 Å². The molecule has 0 saturated carbocycles. The highest BCUT2D eigenvalue weighted by Crippen LogP contribution is 2.41. The number of aromatic nitrogens is 1. The fourth-order valence-corrected chi connectivity index (χ4v) is 4.86. The average molecular weight is 436 g/mol. The van der Waals surface area contributed by atoms with Gasteiger partial charge >= 0.3 is 6.03 Å². The van der Waals surface area contributed by atoms with Gasteiger partial charge in [0.05, 0.1) is 5.69 Å². The molecule has 2 aliphatic rings. The molecule has 1 spiro atoms. The molecule has 31 heavy (non-hydrogen) atoms. The van der Waals surface area contributed by atoms with Gasteiger partial charge in [0.25, 0.3) is 5.91 Å². The summed E-state index contributed by atoms with van der Waals surface area (Å²) in [4.78, 5) is 43.5. The number of carbonyl (C=O) groups is 3. The lowest BCUT2D eigenvalue weighted by Crippen LogP contribution is -2.42. The highest BCUT2D eigenvalue weighted by atomic mass is 32.1. The van der Waals surface area contributed by atoms with Crippen LogP contribution in [0.3, 0.4) is 0 Å². The van der Waals surface area contributed by atoms with Gasteiger partial charge in [-0.15, -0.1) is 11.3 Å². The van der Waals surface area contributed by atoms with E-state index >= 15 is 0 Å². The van der Waals surface area contributed by atoms with Crippen LogP contribution in [0, 0.1) is 5.82 Å². The lowest BCUT2D eigenvalue weighted by molar-refractivity contribution is -0.134. The lowest BCUT2D eigenvalue weighted by Gasteiger charge is -2.22. The molecule has 3 aromatic rings. The molecule has 1 saturated heterocycles. The smallest absolute Gasteiger partial charge is 0.319 e. The summed E-state index contributed by atoms with van der Waals surface area (Å²) >= 11 is 1.21. The highest BCUT2D eigenvalue weighted by Gasteiger charge is 2.55. The van der Waals surface area contributed by atoms with E-state index in [0.29, 0.717) is 29.2 Å². The summed E-state index contributed by atoms with van der Waals surface area (Å²) in [5, 5.41) is 7.50. The minimum Gasteiger partial charge on any atom is -0.319 e. The summed E-state index contributed by atoms with van der Waals surface area (Å²) in [5.74, 6) is -1.28. The Morgan fingerprint density at radius 1 is 1.19 bits per heavy atom. The van der Waals surface area contributed by atoms with E-state index in [9.17, 15) is 18.8 Å². The van der Waals surface area contributed by atoms with Crippen molar-refractivity contribution in [3.63, 3.8) is 0 Å². The Morgan fingerprint density at radius 3 is 2.77 bits per heavy atom. The minimum absolute atomic E-state index is 0.331. The maximum absolute atomic E-state index is 13.1. The van der Waals surface area contributed by atoms with Gasteiger partial charge in [-0.3, -0.25) is 14.5 Å². The van der Waals surface area contributed by atoms with Gasteiger partial charge in [-0.1, -0.05) is 24.3 Å². The van der Waals surface area contributed by atoms with Crippen LogP contribution in [-0.2, 0) is 21.5 Å². The first-order chi connectivity index (χ1) is 15.0. The first kappa shape index (κ1) is 19.4. The van der Waals surface area contributed by atoms with E-state index in [-0.39, 0.29) is 5.82 Å². The number of hydrogen-bond donors (Lipinski definition) is 2. The summed E-state index contributed by atoms with van der Waals surface area (Å²) < 4.78 is 13.1. The molecule has 0 radical (unpaired) electrons. The molecule has 5 rings (SSSR count). The van der Waals surface area contributed by atoms with Crippen molar-refractivity contribution in [1.29, 1.82) is 0 Å². The number of imide groups is 1. The number of amides is 4. The van der Waals surface area contributed by atoms with Crippen LogP contribution >= 0.6 is 11.3 Å². The maximum Gasteiger partial charge on any atom is 0.325 e. The summed E-state index contributed by atoms with van der Waals surface area (Å²) in [6.07, 6.45) is 1.16. The van der Waals surface area contributed by atoms with Gasteiger partial charge in [-0.05, 0) is 48.2 Å². The van der Waals surface area contributed by atoms with Crippen molar-refractivity contribution in [2.75, 3.05) is 11.9 Å². The molecule has 7 nitrogen and oxygen atoms in total. The Morgan fingerprint density at radius 2 is 1.97 bits per heavy atom. The van der Waals surface area contributed by atoms with E-state index in [0.717, 1.165) is 16.0 Å². The lowest BCUT2D eigenvalue weighted by atomic mass is 9.92. The van der Waals surface area contributed by atoms with Gasteiger partial charge in [0, 0.05) is 10.9 Å². The van der Waals surface area contributed by atoms with Crippen LogP contribution in [0.4, 0.5) is 14.3 Å². The van der Waals surface area contributed by atoms with Crippen LogP contribution in [0.5, 0.6) is 0 Å². The van der Waals surface area contributed by atoms with Crippen LogP contribution < -0.4 is 10.6 Å². The number of rotatable bonds is 4. The summed E-state index contributed by atoms with van der Waals surface area (Å²) in [7, 11) is 0. The molecule has 156 valence electrons. The Bertz CT molecular complexity index is 1210. The van der Waals surface area contributed by atoms with Crippen LogP contribution in [0.1, 0.15) is 17.5 Å². The summed E-state index contributed by atoms with van der Waals surface area (Å²) in [6, 6.07) is 12.8. The zero-order valence-corrected chi connectivity index (χ0v) is 17.0. The topological polar surface area (TPSA) is 91.4 Å². The van der Waals surface area contributed by atoms with Crippen LogP contribution in [0.25, 0.3) is 11.3 Å². The third kappa shape index (κ3) is 3.27. The number of thiazole rings is 1. The van der Waals surface area contributed by atoms with Crippen LogP contribution in [0.2, 0.25) is 0 Å². The van der Waals surface area contributed by atoms with Gasteiger partial charge in [-0.25, -0.2) is 14.2 Å². The fraction of sp³-hybridized carbons (Fsp3) is 0.182. The number of halogens is 1. The molecule has 2 aromatic carbocycles. The number of benzene rings is 2. The number of urea groups is 1. The van der Waals surface area contributed by atoms with Gasteiger partial charge < -0.3 is 10.6 Å². The number of fused-ring (bicyclic) bond motifs is 2. The maximum atomic E-state index is 13.1. The molecule has 2 heterocycles. The van der Waals surface area contributed by atoms with E-state index in [4.69, 9.17) is 0 Å². The van der Waals surface area contributed by atoms with Gasteiger partial charge in [0.15, 0.2) is 5.13 Å². The molecular weight excluding hydrogens is 419 g/mol. The standard InChI is InChI=1S/C22H17FN4O3S/c23-15-7-5-14(6-8-15)17-12-31-20(24-17)25-18(28)11-27-19(29)22(26-21(27)30)10-9-13-3-1-2-4-16(13)22/h1-8,12H,9-11H2,(H,26,30)(H,24,25,28)/t22-/m1/s1. The number of anilines is 1. The second kappa shape index (κ2) is 7.28. The van der Waals surface area contributed by atoms with Crippen molar-refractivity contribution in [2.24, 2.45) is 0 Å². The predicted molar refractivity (Wildman–Crippen MR) is 113 cm³/mol. The van der Waals surface area contributed by atoms with Gasteiger partial charge in [-0.2, -0.15) is 0 Å². The highest BCUT2D eigenvalue weighted by molar-refractivity contribution is 7.14. The van der Waals surface area contributed by atoms with E-state index in [1.165, 1.54) is 23.5 Å². The van der Waals surface area contributed by atoms with Crippen molar-refractivity contribution >= 4 is 34.3 Å².